The maximum Gasteiger partial charge on any atom is 0.147 e. The van der Waals surface area contributed by atoms with Gasteiger partial charge in [0, 0.05) is 122 Å². The largest absolute Gasteiger partial charge is 0.455 e. The molecule has 0 aliphatic heterocycles. The lowest BCUT2D eigenvalue weighted by Gasteiger charge is -2.28. The SMILES string of the molecule is Cc1cc(C)cc(N(c2cc(C)cc(C)c2)c2ccc3c(ccc4c5ccc6oc7c8ccc(N(c9cc(C)cc(C)c9)c9cc(C)cc(C)c9)cc8ccc7c6c5oc34)c2)c1.Cc1cc(N(c2cc(C)c(C)c(C)c2)c2ccc3c(ccc4c5ccc6oc7c8ccc(N(c9cc(C)c(C)c(C)c9)c9cc(C)c(C)c(C)c9)cc8ccc7c6c5oc34)c2)cc(C)c1C. The summed E-state index contributed by atoms with van der Waals surface area (Å²) in [6.07, 6.45) is 0. The fraction of sp³-hybridized carbons (Fsp3) is 0.167. The highest BCUT2D eigenvalue weighted by Crippen LogP contribution is 2.51. The number of anilines is 12. The van der Waals surface area contributed by atoms with Gasteiger partial charge in [-0.05, 0) is 490 Å². The molecule has 0 saturated heterocycles. The number of aryl methyl sites for hydroxylation is 16. The van der Waals surface area contributed by atoms with E-state index in [0.717, 1.165) is 199 Å². The van der Waals surface area contributed by atoms with E-state index in [1.807, 2.05) is 0 Å². The molecule has 18 aromatic carbocycles. The second kappa shape index (κ2) is 30.6. The second-order valence-electron chi connectivity index (χ2n) is 37.0. The van der Waals surface area contributed by atoms with Crippen LogP contribution in [0.3, 0.4) is 0 Å². The summed E-state index contributed by atoms with van der Waals surface area (Å²) in [6.45, 7) is 43.9. The van der Waals surface area contributed by atoms with Gasteiger partial charge in [0.15, 0.2) is 0 Å². The van der Waals surface area contributed by atoms with Crippen molar-refractivity contribution in [3.05, 3.63) is 378 Å². The molecule has 0 unspecified atom stereocenters. The molecule has 628 valence electrons. The lowest BCUT2D eigenvalue weighted by Crippen LogP contribution is -2.12. The third-order valence-corrected chi connectivity index (χ3v) is 27.6. The molecule has 8 nitrogen and oxygen atoms in total. The van der Waals surface area contributed by atoms with Crippen LogP contribution in [0.4, 0.5) is 68.2 Å². The summed E-state index contributed by atoms with van der Waals surface area (Å²) in [5, 5.41) is 17.3. The highest BCUT2D eigenvalue weighted by molar-refractivity contribution is 6.29. The normalized spacial score (nSPS) is 11.9. The topological polar surface area (TPSA) is 65.5 Å². The fourth-order valence-electron chi connectivity index (χ4n) is 20.5. The number of hydrogen-bond donors (Lipinski definition) is 0. The molecule has 0 N–H and O–H groups in total. The lowest BCUT2D eigenvalue weighted by molar-refractivity contribution is 0.665. The third kappa shape index (κ3) is 13.6. The first-order valence-corrected chi connectivity index (χ1v) is 44.8. The number of fused-ring (bicyclic) bond motifs is 22. The average Bonchev–Trinajstić information content (AvgIpc) is 1.56. The zero-order chi connectivity index (χ0) is 88.6. The molecule has 0 amide bonds. The minimum absolute atomic E-state index is 0.819. The number of rotatable bonds is 12. The van der Waals surface area contributed by atoms with Crippen molar-refractivity contribution in [2.45, 2.75) is 138 Å². The molecule has 0 fully saturated rings. The summed E-state index contributed by atoms with van der Waals surface area (Å²) in [5.74, 6) is 0. The van der Waals surface area contributed by atoms with Crippen LogP contribution < -0.4 is 19.6 Å². The summed E-state index contributed by atoms with van der Waals surface area (Å²) in [4.78, 5) is 9.56. The van der Waals surface area contributed by atoms with Crippen LogP contribution >= 0.6 is 0 Å². The van der Waals surface area contributed by atoms with Gasteiger partial charge in [0.05, 0.1) is 10.8 Å². The van der Waals surface area contributed by atoms with Gasteiger partial charge in [-0.3, -0.25) is 0 Å². The van der Waals surface area contributed by atoms with Crippen LogP contribution in [-0.2, 0) is 0 Å². The van der Waals surface area contributed by atoms with Gasteiger partial charge in [-0.25, -0.2) is 0 Å². The van der Waals surface area contributed by atoms with E-state index in [2.05, 4.69) is 425 Å². The molecule has 22 aromatic rings. The molecule has 8 heteroatoms. The van der Waals surface area contributed by atoms with E-state index in [1.165, 1.54) is 111 Å². The highest BCUT2D eigenvalue weighted by atomic mass is 16.4. The molecule has 0 saturated carbocycles. The summed E-state index contributed by atoms with van der Waals surface area (Å²) < 4.78 is 27.6. The smallest absolute Gasteiger partial charge is 0.147 e. The first kappa shape index (κ1) is 80.5. The average molecular weight is 1670 g/mol. The maximum atomic E-state index is 7.04. The van der Waals surface area contributed by atoms with Crippen molar-refractivity contribution in [1.82, 2.24) is 0 Å². The Morgan fingerprint density at radius 1 is 0.148 bits per heavy atom. The van der Waals surface area contributed by atoms with E-state index in [-0.39, 0.29) is 0 Å². The van der Waals surface area contributed by atoms with Crippen molar-refractivity contribution >= 4 is 199 Å². The van der Waals surface area contributed by atoms with Crippen LogP contribution in [0.25, 0.3) is 131 Å². The molecular formula is C120H104N4O4. The molecule has 0 bridgehead atoms. The lowest BCUT2D eigenvalue weighted by atomic mass is 9.99. The Hall–Kier alpha value is -14.6. The van der Waals surface area contributed by atoms with Crippen LogP contribution in [0.2, 0.25) is 0 Å². The number of benzene rings is 18. The van der Waals surface area contributed by atoms with Crippen molar-refractivity contribution in [3.8, 4) is 0 Å². The maximum absolute atomic E-state index is 7.04. The molecule has 0 radical (unpaired) electrons. The van der Waals surface area contributed by atoms with E-state index in [4.69, 9.17) is 17.7 Å². The zero-order valence-electron chi connectivity index (χ0n) is 76.8. The van der Waals surface area contributed by atoms with Crippen molar-refractivity contribution < 1.29 is 17.7 Å². The molecule has 0 aliphatic carbocycles. The molecular weight excluding hydrogens is 1560 g/mol. The molecule has 4 aromatic heterocycles. The molecule has 0 atom stereocenters. The van der Waals surface area contributed by atoms with E-state index >= 15 is 0 Å². The first-order chi connectivity index (χ1) is 61.6. The molecule has 0 spiro atoms. The van der Waals surface area contributed by atoms with Crippen LogP contribution in [0.5, 0.6) is 0 Å². The Morgan fingerprint density at radius 3 is 0.570 bits per heavy atom. The Labute approximate surface area is 748 Å². The molecule has 128 heavy (non-hydrogen) atoms. The second-order valence-corrected chi connectivity index (χ2v) is 37.0. The summed E-state index contributed by atoms with van der Waals surface area (Å²) in [5.41, 5.74) is 46.0. The fourth-order valence-corrected chi connectivity index (χ4v) is 20.5. The highest BCUT2D eigenvalue weighted by Gasteiger charge is 2.27. The van der Waals surface area contributed by atoms with Gasteiger partial charge >= 0.3 is 0 Å². The van der Waals surface area contributed by atoms with Gasteiger partial charge in [-0.15, -0.1) is 0 Å². The van der Waals surface area contributed by atoms with E-state index < -0.39 is 0 Å². The van der Waals surface area contributed by atoms with Crippen molar-refractivity contribution in [1.29, 1.82) is 0 Å². The summed E-state index contributed by atoms with van der Waals surface area (Å²) in [7, 11) is 0. The van der Waals surface area contributed by atoms with Gasteiger partial charge < -0.3 is 37.3 Å². The van der Waals surface area contributed by atoms with Crippen LogP contribution in [-0.4, -0.2) is 0 Å². The summed E-state index contributed by atoms with van der Waals surface area (Å²) in [6, 6.07) is 99.0. The standard InChI is InChI=1S/C62H56N2O2.C58H48N2O2/c1-33-23-49(24-34(2)41(33)9)63(50-25-35(3)42(10)36(4)26-50)47-15-19-53-45(31-47)13-17-55-56-21-22-58-59(62(56)66-60(53)55)57-18-14-46-32-48(16-20-54(46)61(57)65-58)64(51-27-37(5)43(11)38(6)28-51)52-29-39(7)44(12)40(8)30-52;1-33-19-34(2)24-45(23-33)59(46-25-35(3)20-36(4)26-46)43-11-15-49-41(31-43)9-13-51-52-17-18-54-55(58(52)62-56(49)51)53-14-10-42-32-44(12-16-50(42)57(53)61-54)60(47-27-37(5)21-38(6)28-47)48-29-39(7)22-40(8)30-48/h13-32H,1-12H3;9-32H,1-8H3. The Balaban J connectivity index is 0.000000156. The van der Waals surface area contributed by atoms with E-state index in [1.54, 1.807) is 0 Å². The minimum atomic E-state index is 0.819. The van der Waals surface area contributed by atoms with Crippen LogP contribution in [0, 0.1) is 138 Å². The van der Waals surface area contributed by atoms with Gasteiger partial charge in [0.1, 0.15) is 44.7 Å². The molecule has 22 rings (SSSR count). The van der Waals surface area contributed by atoms with Gasteiger partial charge in [-0.1, -0.05) is 48.5 Å². The van der Waals surface area contributed by atoms with Gasteiger partial charge in [0.2, 0.25) is 0 Å². The predicted octanol–water partition coefficient (Wildman–Crippen LogP) is 35.6. The monoisotopic (exact) mass is 1660 g/mol. The summed E-state index contributed by atoms with van der Waals surface area (Å²) >= 11 is 0. The van der Waals surface area contributed by atoms with E-state index in [9.17, 15) is 0 Å². The number of furan rings is 4. The predicted molar refractivity (Wildman–Crippen MR) is 545 cm³/mol. The number of nitrogens with zero attached hydrogens (tertiary/aromatic N) is 4. The first-order valence-electron chi connectivity index (χ1n) is 44.8. The van der Waals surface area contributed by atoms with Gasteiger partial charge in [-0.2, -0.15) is 0 Å². The number of hydrogen-bond acceptors (Lipinski definition) is 8. The van der Waals surface area contributed by atoms with Crippen LogP contribution in [0.1, 0.15) is 111 Å². The van der Waals surface area contributed by atoms with Gasteiger partial charge in [0.25, 0.3) is 0 Å². The van der Waals surface area contributed by atoms with Crippen LogP contribution in [0.15, 0.2) is 285 Å². The van der Waals surface area contributed by atoms with Crippen molar-refractivity contribution in [2.75, 3.05) is 19.6 Å². The third-order valence-electron chi connectivity index (χ3n) is 27.6. The zero-order valence-corrected chi connectivity index (χ0v) is 76.8. The Morgan fingerprint density at radius 2 is 0.336 bits per heavy atom. The molecule has 4 heterocycles. The van der Waals surface area contributed by atoms with Crippen molar-refractivity contribution in [3.63, 3.8) is 0 Å². The Bertz CT molecular complexity index is 8100. The van der Waals surface area contributed by atoms with E-state index in [0.29, 0.717) is 0 Å². The Kier molecular flexibility index (Phi) is 19.3. The quantitative estimate of drug-likeness (QED) is 0.120. The van der Waals surface area contributed by atoms with Crippen molar-refractivity contribution in [2.24, 2.45) is 0 Å². The molecule has 0 aliphatic rings. The minimum Gasteiger partial charge on any atom is -0.455 e.